The molecule has 324 valence electrons. The number of nitrogens with zero attached hydrogens (tertiary/aromatic N) is 3. The first kappa shape index (κ1) is 45.7. The zero-order chi connectivity index (χ0) is 43.3. The van der Waals surface area contributed by atoms with Gasteiger partial charge in [0.25, 0.3) is 0 Å². The van der Waals surface area contributed by atoms with E-state index in [0.29, 0.717) is 52.9 Å². The fraction of sp³-hybridized carbons (Fsp3) is 0.476. The third-order valence-electron chi connectivity index (χ3n) is 10.3. The van der Waals surface area contributed by atoms with Crippen molar-refractivity contribution in [2.45, 2.75) is 77.4 Å². The van der Waals surface area contributed by atoms with Gasteiger partial charge in [-0.2, -0.15) is 0 Å². The summed E-state index contributed by atoms with van der Waals surface area (Å²) in [5, 5.41) is 12.3. The maximum absolute atomic E-state index is 14.8. The Morgan fingerprint density at radius 3 is 2.43 bits per heavy atom. The monoisotopic (exact) mass is 849 g/mol. The van der Waals surface area contributed by atoms with E-state index in [4.69, 9.17) is 43.5 Å². The van der Waals surface area contributed by atoms with Crippen LogP contribution in [0, 0.1) is 18.7 Å². The van der Waals surface area contributed by atoms with Crippen molar-refractivity contribution in [3.8, 4) is 22.5 Å². The molecule has 0 bridgehead atoms. The molecule has 0 aliphatic carbocycles. The van der Waals surface area contributed by atoms with E-state index >= 15 is 0 Å². The second-order valence-electron chi connectivity index (χ2n) is 15.4. The highest BCUT2D eigenvalue weighted by Crippen LogP contribution is 2.44. The SMILES string of the molecule is Cc1cc(F)cc(-c2cnc(NCCNC(=O)CCOCCC(=O)N[C@@H](CCC(N)=O)C(=O)N[C@H](CN)C(C)C)c(-c3nc4ccc(Cl)cc4[nH]3)c2N2CCC(N)CC2)c1. The number of halogens is 2. The van der Waals surface area contributed by atoms with E-state index in [9.17, 15) is 23.6 Å². The molecule has 3 heterocycles. The van der Waals surface area contributed by atoms with Crippen LogP contribution in [0.2, 0.25) is 5.02 Å². The Kier molecular flexibility index (Phi) is 16.6. The molecule has 2 aromatic carbocycles. The number of primary amides is 1. The van der Waals surface area contributed by atoms with Gasteiger partial charge in [-0.3, -0.25) is 19.2 Å². The number of anilines is 2. The van der Waals surface area contributed by atoms with Crippen molar-refractivity contribution in [1.29, 1.82) is 0 Å². The number of amides is 4. The quantitative estimate of drug-likeness (QED) is 0.0564. The molecular formula is C42H57ClFN11O5. The van der Waals surface area contributed by atoms with E-state index < -0.39 is 23.8 Å². The number of ether oxygens (including phenoxy) is 1. The average Bonchev–Trinajstić information content (AvgIpc) is 3.62. The highest BCUT2D eigenvalue weighted by Gasteiger charge is 2.28. The van der Waals surface area contributed by atoms with Crippen molar-refractivity contribution in [1.82, 2.24) is 30.9 Å². The van der Waals surface area contributed by atoms with Crippen LogP contribution in [0.4, 0.5) is 15.9 Å². The van der Waals surface area contributed by atoms with Crippen molar-refractivity contribution >= 4 is 57.8 Å². The van der Waals surface area contributed by atoms with E-state index in [-0.39, 0.29) is 81.7 Å². The van der Waals surface area contributed by atoms with E-state index in [1.54, 1.807) is 18.3 Å². The van der Waals surface area contributed by atoms with Crippen molar-refractivity contribution in [3.05, 3.63) is 59.0 Å². The summed E-state index contributed by atoms with van der Waals surface area (Å²) >= 11 is 6.33. The van der Waals surface area contributed by atoms with Crippen LogP contribution in [0.15, 0.2) is 42.6 Å². The van der Waals surface area contributed by atoms with Crippen LogP contribution in [-0.2, 0) is 23.9 Å². The lowest BCUT2D eigenvalue weighted by Crippen LogP contribution is -2.53. The predicted molar refractivity (Wildman–Crippen MR) is 232 cm³/mol. The molecule has 4 amide bonds. The first-order valence-electron chi connectivity index (χ1n) is 20.4. The minimum atomic E-state index is -0.966. The minimum absolute atomic E-state index is 0.0150. The van der Waals surface area contributed by atoms with Crippen molar-refractivity contribution in [2.24, 2.45) is 23.1 Å². The van der Waals surface area contributed by atoms with Gasteiger partial charge in [0.05, 0.1) is 35.5 Å². The molecule has 18 heteroatoms. The molecule has 16 nitrogen and oxygen atoms in total. The number of nitrogens with two attached hydrogens (primary N) is 3. The Hall–Kier alpha value is -5.36. The number of aromatic nitrogens is 3. The molecule has 1 aliphatic heterocycles. The maximum atomic E-state index is 14.8. The highest BCUT2D eigenvalue weighted by atomic mass is 35.5. The lowest BCUT2D eigenvalue weighted by molar-refractivity contribution is -0.130. The molecule has 2 aromatic heterocycles. The van der Waals surface area contributed by atoms with Crippen molar-refractivity contribution in [2.75, 3.05) is 56.2 Å². The number of aromatic amines is 1. The predicted octanol–water partition coefficient (Wildman–Crippen LogP) is 3.50. The average molecular weight is 850 g/mol. The van der Waals surface area contributed by atoms with E-state index in [0.717, 1.165) is 35.2 Å². The molecule has 1 aliphatic rings. The van der Waals surface area contributed by atoms with Gasteiger partial charge in [-0.15, -0.1) is 0 Å². The van der Waals surface area contributed by atoms with Gasteiger partial charge in [0, 0.05) is 80.9 Å². The van der Waals surface area contributed by atoms with Crippen molar-refractivity contribution < 1.29 is 28.3 Å². The number of hydrogen-bond acceptors (Lipinski definition) is 11. The zero-order valence-electron chi connectivity index (χ0n) is 34.4. The molecule has 60 heavy (non-hydrogen) atoms. The third kappa shape index (κ3) is 12.8. The summed E-state index contributed by atoms with van der Waals surface area (Å²) in [7, 11) is 0. The van der Waals surface area contributed by atoms with Gasteiger partial charge in [-0.1, -0.05) is 31.5 Å². The number of piperidine rings is 1. The third-order valence-corrected chi connectivity index (χ3v) is 10.6. The van der Waals surface area contributed by atoms with Crippen molar-refractivity contribution in [3.63, 3.8) is 0 Å². The fourth-order valence-corrected chi connectivity index (χ4v) is 7.19. The van der Waals surface area contributed by atoms with E-state index in [2.05, 4.69) is 31.2 Å². The smallest absolute Gasteiger partial charge is 0.242 e. The van der Waals surface area contributed by atoms with Crippen LogP contribution in [0.5, 0.6) is 0 Å². The summed E-state index contributed by atoms with van der Waals surface area (Å²) in [5.41, 5.74) is 22.5. The first-order valence-corrected chi connectivity index (χ1v) is 20.7. The molecule has 2 atom stereocenters. The van der Waals surface area contributed by atoms with Crippen LogP contribution in [0.1, 0.15) is 57.9 Å². The number of nitrogens with one attached hydrogen (secondary N) is 5. The van der Waals surface area contributed by atoms with Gasteiger partial charge < -0.3 is 53.1 Å². The number of rotatable bonds is 21. The minimum Gasteiger partial charge on any atom is -0.380 e. The summed E-state index contributed by atoms with van der Waals surface area (Å²) in [4.78, 5) is 65.1. The Morgan fingerprint density at radius 2 is 1.75 bits per heavy atom. The standard InChI is InChI=1S/C42H57ClFN11O5/c1-24(2)34(22-45)54-42(59)32(6-7-35(47)56)51-37(58)11-17-60-16-10-36(57)48-12-13-49-40-38(41-52-31-5-4-27(43)21-33(31)53-41)39(55-14-8-29(46)9-15-55)30(23-50-40)26-18-25(3)19-28(44)20-26/h4-5,18-21,23-24,29,32,34H,6-17,22,45-46H2,1-3H3,(H2,47,56)(H,48,57)(H,49,50)(H,51,58)(H,52,53)(H,54,59)/t32-,34+/m0/s1. The molecule has 4 aromatic rings. The normalized spacial score (nSPS) is 14.2. The van der Waals surface area contributed by atoms with E-state index in [1.807, 2.05) is 32.9 Å². The maximum Gasteiger partial charge on any atom is 0.242 e. The fourth-order valence-electron chi connectivity index (χ4n) is 7.02. The van der Waals surface area contributed by atoms with Gasteiger partial charge >= 0.3 is 0 Å². The Labute approximate surface area is 354 Å². The summed E-state index contributed by atoms with van der Waals surface area (Å²) in [6, 6.07) is 9.15. The first-order chi connectivity index (χ1) is 28.7. The number of carbonyl (C=O) groups is 4. The summed E-state index contributed by atoms with van der Waals surface area (Å²) in [5.74, 6) is -0.953. The largest absolute Gasteiger partial charge is 0.380 e. The van der Waals surface area contributed by atoms with Gasteiger partial charge in [0.2, 0.25) is 23.6 Å². The summed E-state index contributed by atoms with van der Waals surface area (Å²) in [6.45, 7) is 7.91. The molecule has 0 saturated carbocycles. The second-order valence-corrected chi connectivity index (χ2v) is 15.9. The Balaban J connectivity index is 1.20. The van der Waals surface area contributed by atoms with Crippen LogP contribution >= 0.6 is 11.6 Å². The number of imidazole rings is 1. The number of fused-ring (bicyclic) bond motifs is 1. The van der Waals surface area contributed by atoms with Crippen LogP contribution in [0.25, 0.3) is 33.5 Å². The number of benzene rings is 2. The van der Waals surface area contributed by atoms with Crippen LogP contribution in [0.3, 0.4) is 0 Å². The number of H-pyrrole nitrogens is 1. The lowest BCUT2D eigenvalue weighted by atomic mass is 9.96. The molecule has 11 N–H and O–H groups in total. The molecule has 0 unspecified atom stereocenters. The number of carbonyl (C=O) groups excluding carboxylic acids is 4. The van der Waals surface area contributed by atoms with Gasteiger partial charge in [0.15, 0.2) is 0 Å². The summed E-state index contributed by atoms with van der Waals surface area (Å²) < 4.78 is 20.4. The molecule has 5 rings (SSSR count). The van der Waals surface area contributed by atoms with Crippen LogP contribution in [-0.4, -0.2) is 103 Å². The van der Waals surface area contributed by atoms with E-state index in [1.165, 1.54) is 12.1 Å². The molecular weight excluding hydrogens is 793 g/mol. The van der Waals surface area contributed by atoms with Gasteiger partial charge in [-0.25, -0.2) is 14.4 Å². The number of pyridine rings is 1. The molecule has 1 saturated heterocycles. The zero-order valence-corrected chi connectivity index (χ0v) is 35.2. The second kappa shape index (κ2) is 21.8. The Bertz CT molecular complexity index is 2100. The van der Waals surface area contributed by atoms with Crippen LogP contribution < -0.4 is 43.4 Å². The van der Waals surface area contributed by atoms with Gasteiger partial charge in [-0.05, 0) is 73.6 Å². The van der Waals surface area contributed by atoms with Gasteiger partial charge in [0.1, 0.15) is 23.5 Å². The highest BCUT2D eigenvalue weighted by molar-refractivity contribution is 6.31. The number of hydrogen-bond donors (Lipinski definition) is 8. The molecule has 1 fully saturated rings. The summed E-state index contributed by atoms with van der Waals surface area (Å²) in [6.07, 6.45) is 3.23. The number of aryl methyl sites for hydroxylation is 1. The Morgan fingerprint density at radius 1 is 1.02 bits per heavy atom. The molecule has 0 radical (unpaired) electrons. The topological polar surface area (TPSA) is 248 Å². The molecule has 0 spiro atoms. The lowest BCUT2D eigenvalue weighted by Gasteiger charge is -2.35.